The molecular weight excluding hydrogens is 270 g/mol. The van der Waals surface area contributed by atoms with Crippen molar-refractivity contribution < 1.29 is 9.53 Å². The first-order valence-electron chi connectivity index (χ1n) is 7.50. The lowest BCUT2D eigenvalue weighted by Crippen LogP contribution is -2.36. The number of rotatable bonds is 6. The molecular formula is C15H23N3O3. The predicted molar refractivity (Wildman–Crippen MR) is 79.0 cm³/mol. The number of hydrogen-bond donors (Lipinski definition) is 0. The van der Waals surface area contributed by atoms with Gasteiger partial charge in [-0.3, -0.25) is 9.59 Å². The van der Waals surface area contributed by atoms with Gasteiger partial charge in [-0.1, -0.05) is 6.92 Å². The third kappa shape index (κ3) is 4.39. The maximum atomic E-state index is 12.2. The first-order chi connectivity index (χ1) is 10.1. The molecule has 2 heterocycles. The Bertz CT molecular complexity index is 541. The largest absolute Gasteiger partial charge is 0.381 e. The first kappa shape index (κ1) is 15.7. The Balaban J connectivity index is 1.87. The van der Waals surface area contributed by atoms with Crippen molar-refractivity contribution in [1.29, 1.82) is 0 Å². The van der Waals surface area contributed by atoms with Crippen molar-refractivity contribution in [3.63, 3.8) is 0 Å². The van der Waals surface area contributed by atoms with Gasteiger partial charge in [0.1, 0.15) is 6.54 Å². The van der Waals surface area contributed by atoms with Crippen LogP contribution in [-0.2, 0) is 16.1 Å². The van der Waals surface area contributed by atoms with Crippen molar-refractivity contribution in [2.75, 3.05) is 26.3 Å². The van der Waals surface area contributed by atoms with Gasteiger partial charge >= 0.3 is 0 Å². The number of amides is 1. The zero-order valence-corrected chi connectivity index (χ0v) is 12.7. The van der Waals surface area contributed by atoms with Crippen molar-refractivity contribution in [2.45, 2.75) is 33.2 Å². The molecule has 2 rings (SSSR count). The summed E-state index contributed by atoms with van der Waals surface area (Å²) in [5, 5.41) is 4.10. The topological polar surface area (TPSA) is 64.4 Å². The normalized spacial score (nSPS) is 18.2. The lowest BCUT2D eigenvalue weighted by atomic mass is 10.1. The highest BCUT2D eigenvalue weighted by atomic mass is 16.5. The van der Waals surface area contributed by atoms with Crippen LogP contribution in [0.15, 0.2) is 16.9 Å². The van der Waals surface area contributed by atoms with E-state index in [1.807, 2.05) is 0 Å². The second kappa shape index (κ2) is 7.36. The number of likely N-dealkylation sites (tertiary alicyclic amines) is 1. The second-order valence-electron chi connectivity index (χ2n) is 5.54. The third-order valence-electron chi connectivity index (χ3n) is 3.63. The van der Waals surface area contributed by atoms with Gasteiger partial charge < -0.3 is 9.64 Å². The minimum atomic E-state index is -0.240. The Morgan fingerprint density at radius 3 is 3.05 bits per heavy atom. The smallest absolute Gasteiger partial charge is 0.267 e. The highest BCUT2D eigenvalue weighted by Gasteiger charge is 2.26. The highest BCUT2D eigenvalue weighted by Crippen LogP contribution is 2.16. The maximum Gasteiger partial charge on any atom is 0.267 e. The van der Waals surface area contributed by atoms with Crippen LogP contribution in [0.3, 0.4) is 0 Å². The number of carbonyl (C=O) groups is 1. The Morgan fingerprint density at radius 2 is 2.29 bits per heavy atom. The summed E-state index contributed by atoms with van der Waals surface area (Å²) in [6, 6.07) is 3.10. The SMILES string of the molecule is CCCOCC1CCN(C(=O)Cn2nc(C)ccc2=O)C1. The van der Waals surface area contributed by atoms with E-state index < -0.39 is 0 Å². The molecule has 1 fully saturated rings. The minimum Gasteiger partial charge on any atom is -0.381 e. The Morgan fingerprint density at radius 1 is 1.48 bits per heavy atom. The van der Waals surface area contributed by atoms with Crippen molar-refractivity contribution in [3.05, 3.63) is 28.2 Å². The Labute approximate surface area is 124 Å². The maximum absolute atomic E-state index is 12.2. The molecule has 1 saturated heterocycles. The number of aryl methyl sites for hydroxylation is 1. The van der Waals surface area contributed by atoms with E-state index in [1.165, 1.54) is 10.7 Å². The van der Waals surface area contributed by atoms with Crippen molar-refractivity contribution >= 4 is 5.91 Å². The van der Waals surface area contributed by atoms with E-state index in [-0.39, 0.29) is 18.0 Å². The van der Waals surface area contributed by atoms with Gasteiger partial charge in [-0.2, -0.15) is 5.10 Å². The Kier molecular flexibility index (Phi) is 5.50. The molecule has 1 aromatic rings. The molecule has 116 valence electrons. The zero-order chi connectivity index (χ0) is 15.2. The lowest BCUT2D eigenvalue weighted by Gasteiger charge is -2.17. The van der Waals surface area contributed by atoms with Crippen LogP contribution >= 0.6 is 0 Å². The van der Waals surface area contributed by atoms with Crippen LogP contribution in [0.4, 0.5) is 0 Å². The van der Waals surface area contributed by atoms with Crippen LogP contribution in [-0.4, -0.2) is 46.9 Å². The number of aromatic nitrogens is 2. The van der Waals surface area contributed by atoms with Gasteiger partial charge in [0.25, 0.3) is 5.56 Å². The molecule has 0 N–H and O–H groups in total. The van der Waals surface area contributed by atoms with Gasteiger partial charge in [0, 0.05) is 31.7 Å². The van der Waals surface area contributed by atoms with E-state index >= 15 is 0 Å². The molecule has 1 aliphatic rings. The number of hydrogen-bond acceptors (Lipinski definition) is 4. The van der Waals surface area contributed by atoms with Crippen LogP contribution in [0.25, 0.3) is 0 Å². The molecule has 0 radical (unpaired) electrons. The minimum absolute atomic E-state index is 0.0169. The zero-order valence-electron chi connectivity index (χ0n) is 12.7. The summed E-state index contributed by atoms with van der Waals surface area (Å²) in [4.78, 5) is 25.7. The average molecular weight is 293 g/mol. The molecule has 1 unspecified atom stereocenters. The fourth-order valence-corrected chi connectivity index (χ4v) is 2.48. The molecule has 6 nitrogen and oxygen atoms in total. The van der Waals surface area contributed by atoms with E-state index in [9.17, 15) is 9.59 Å². The van der Waals surface area contributed by atoms with E-state index in [0.717, 1.165) is 31.7 Å². The van der Waals surface area contributed by atoms with E-state index in [0.29, 0.717) is 19.1 Å². The van der Waals surface area contributed by atoms with Crippen LogP contribution in [0.2, 0.25) is 0 Å². The molecule has 0 bridgehead atoms. The molecule has 0 saturated carbocycles. The van der Waals surface area contributed by atoms with Gasteiger partial charge in [0.15, 0.2) is 0 Å². The first-order valence-corrected chi connectivity index (χ1v) is 7.50. The summed E-state index contributed by atoms with van der Waals surface area (Å²) in [6.07, 6.45) is 1.98. The number of carbonyl (C=O) groups excluding carboxylic acids is 1. The van der Waals surface area contributed by atoms with Crippen molar-refractivity contribution in [2.24, 2.45) is 5.92 Å². The van der Waals surface area contributed by atoms with Gasteiger partial charge in [-0.15, -0.1) is 0 Å². The summed E-state index contributed by atoms with van der Waals surface area (Å²) in [5.74, 6) is 0.357. The average Bonchev–Trinajstić information content (AvgIpc) is 2.92. The molecule has 6 heteroatoms. The summed E-state index contributed by atoms with van der Waals surface area (Å²) < 4.78 is 6.78. The van der Waals surface area contributed by atoms with Gasteiger partial charge in [0.05, 0.1) is 12.3 Å². The number of nitrogens with zero attached hydrogens (tertiary/aromatic N) is 3. The van der Waals surface area contributed by atoms with Crippen molar-refractivity contribution in [3.8, 4) is 0 Å². The lowest BCUT2D eigenvalue weighted by molar-refractivity contribution is -0.131. The van der Waals surface area contributed by atoms with Crippen molar-refractivity contribution in [1.82, 2.24) is 14.7 Å². The number of ether oxygens (including phenoxy) is 1. The van der Waals surface area contributed by atoms with Gasteiger partial charge in [-0.05, 0) is 25.8 Å². The van der Waals surface area contributed by atoms with E-state index in [1.54, 1.807) is 17.9 Å². The molecule has 21 heavy (non-hydrogen) atoms. The molecule has 0 aromatic carbocycles. The quantitative estimate of drug-likeness (QED) is 0.729. The van der Waals surface area contributed by atoms with Gasteiger partial charge in [0.2, 0.25) is 5.91 Å². The van der Waals surface area contributed by atoms with Crippen LogP contribution in [0.5, 0.6) is 0 Å². The molecule has 0 spiro atoms. The summed E-state index contributed by atoms with van der Waals surface area (Å²) in [6.45, 7) is 6.83. The predicted octanol–water partition coefficient (Wildman–Crippen LogP) is 0.827. The molecule has 1 aliphatic heterocycles. The van der Waals surface area contributed by atoms with E-state index in [2.05, 4.69) is 12.0 Å². The summed E-state index contributed by atoms with van der Waals surface area (Å²) >= 11 is 0. The highest BCUT2D eigenvalue weighted by molar-refractivity contribution is 5.76. The summed E-state index contributed by atoms with van der Waals surface area (Å²) in [7, 11) is 0. The van der Waals surface area contributed by atoms with Gasteiger partial charge in [-0.25, -0.2) is 4.68 Å². The molecule has 0 aliphatic carbocycles. The van der Waals surface area contributed by atoms with E-state index in [4.69, 9.17) is 4.74 Å². The fraction of sp³-hybridized carbons (Fsp3) is 0.667. The fourth-order valence-electron chi connectivity index (χ4n) is 2.48. The molecule has 1 amide bonds. The van der Waals surface area contributed by atoms with Crippen LogP contribution in [0, 0.1) is 12.8 Å². The molecule has 1 aromatic heterocycles. The monoisotopic (exact) mass is 293 g/mol. The Hall–Kier alpha value is -1.69. The summed E-state index contributed by atoms with van der Waals surface area (Å²) in [5.41, 5.74) is 0.491. The van der Waals surface area contributed by atoms with Crippen LogP contribution < -0.4 is 5.56 Å². The second-order valence-corrected chi connectivity index (χ2v) is 5.54. The van der Waals surface area contributed by atoms with Crippen LogP contribution in [0.1, 0.15) is 25.5 Å². The third-order valence-corrected chi connectivity index (χ3v) is 3.63. The molecule has 1 atom stereocenters. The standard InChI is InChI=1S/C15H23N3O3/c1-3-8-21-11-13-6-7-17(9-13)15(20)10-18-14(19)5-4-12(2)16-18/h4-5,13H,3,6-11H2,1-2H3.